The summed E-state index contributed by atoms with van der Waals surface area (Å²) in [6.07, 6.45) is 0.120. The second-order valence-electron chi connectivity index (χ2n) is 7.09. The fraction of sp³-hybridized carbons (Fsp3) is 0.619. The molecule has 0 aliphatic heterocycles. The average molecular weight is 395 g/mol. The van der Waals surface area contributed by atoms with Crippen molar-refractivity contribution in [3.8, 4) is 5.75 Å². The summed E-state index contributed by atoms with van der Waals surface area (Å²) in [5.74, 6) is 0.384. The summed E-state index contributed by atoms with van der Waals surface area (Å²) in [7, 11) is 0. The van der Waals surface area contributed by atoms with Crippen molar-refractivity contribution in [2.45, 2.75) is 52.7 Å². The van der Waals surface area contributed by atoms with Crippen molar-refractivity contribution in [3.63, 3.8) is 0 Å². The summed E-state index contributed by atoms with van der Waals surface area (Å²) in [5.41, 5.74) is 0.903. The Hall–Kier alpha value is -2.12. The van der Waals surface area contributed by atoms with Gasteiger partial charge in [-0.3, -0.25) is 9.59 Å². The molecule has 1 aromatic carbocycles. The number of esters is 1. The Morgan fingerprint density at radius 1 is 1.14 bits per heavy atom. The molecule has 0 heterocycles. The highest BCUT2D eigenvalue weighted by molar-refractivity contribution is 5.77. The van der Waals surface area contributed by atoms with Crippen LogP contribution in [0.25, 0.3) is 0 Å². The second-order valence-corrected chi connectivity index (χ2v) is 7.09. The number of aliphatic hydroxyl groups is 1. The number of nitrogens with one attached hydrogen (secondary N) is 2. The van der Waals surface area contributed by atoms with Crippen LogP contribution < -0.4 is 15.4 Å². The third kappa shape index (κ3) is 9.71. The van der Waals surface area contributed by atoms with E-state index < -0.39 is 6.10 Å². The zero-order valence-corrected chi connectivity index (χ0v) is 17.4. The number of carbonyl (C=O) groups excluding carboxylic acids is 2. The van der Waals surface area contributed by atoms with E-state index in [0.29, 0.717) is 31.9 Å². The third-order valence-corrected chi connectivity index (χ3v) is 4.12. The van der Waals surface area contributed by atoms with Crippen LogP contribution in [0.2, 0.25) is 0 Å². The fourth-order valence-corrected chi connectivity index (χ4v) is 2.43. The SMILES string of the molecule is CCOC(=O)CCc1ccccc1OCC(O)CNC(C)CNC(=O)C(C)C. The number of benzene rings is 1. The lowest BCUT2D eigenvalue weighted by atomic mass is 10.1. The maximum Gasteiger partial charge on any atom is 0.306 e. The minimum absolute atomic E-state index is 0.0111. The molecule has 7 nitrogen and oxygen atoms in total. The van der Waals surface area contributed by atoms with Crippen molar-refractivity contribution in [2.75, 3.05) is 26.3 Å². The van der Waals surface area contributed by atoms with E-state index in [-0.39, 0.29) is 36.9 Å². The van der Waals surface area contributed by atoms with Crippen LogP contribution >= 0.6 is 0 Å². The monoisotopic (exact) mass is 394 g/mol. The topological polar surface area (TPSA) is 96.9 Å². The van der Waals surface area contributed by atoms with Crippen LogP contribution in [0.5, 0.6) is 5.75 Å². The predicted molar refractivity (Wildman–Crippen MR) is 108 cm³/mol. The molecular formula is C21H34N2O5. The highest BCUT2D eigenvalue weighted by Gasteiger charge is 2.12. The van der Waals surface area contributed by atoms with Gasteiger partial charge >= 0.3 is 5.97 Å². The number of rotatable bonds is 13. The Morgan fingerprint density at radius 3 is 2.54 bits per heavy atom. The molecule has 1 amide bonds. The number of hydrogen-bond acceptors (Lipinski definition) is 6. The normalized spacial score (nSPS) is 13.1. The van der Waals surface area contributed by atoms with E-state index in [4.69, 9.17) is 9.47 Å². The first kappa shape index (κ1) is 23.9. The van der Waals surface area contributed by atoms with E-state index in [0.717, 1.165) is 5.56 Å². The summed E-state index contributed by atoms with van der Waals surface area (Å²) >= 11 is 0. The van der Waals surface area contributed by atoms with Gasteiger partial charge in [0.15, 0.2) is 0 Å². The molecule has 0 spiro atoms. The van der Waals surface area contributed by atoms with E-state index in [1.54, 1.807) is 6.92 Å². The van der Waals surface area contributed by atoms with Gasteiger partial charge in [-0.1, -0.05) is 32.0 Å². The molecule has 2 unspecified atom stereocenters. The van der Waals surface area contributed by atoms with Crippen molar-refractivity contribution in [3.05, 3.63) is 29.8 Å². The third-order valence-electron chi connectivity index (χ3n) is 4.12. The number of aliphatic hydroxyl groups excluding tert-OH is 1. The zero-order valence-electron chi connectivity index (χ0n) is 17.4. The molecule has 0 saturated carbocycles. The van der Waals surface area contributed by atoms with Crippen molar-refractivity contribution in [1.82, 2.24) is 10.6 Å². The van der Waals surface area contributed by atoms with Gasteiger partial charge in [-0.15, -0.1) is 0 Å². The molecule has 1 aromatic rings. The largest absolute Gasteiger partial charge is 0.491 e. The minimum atomic E-state index is -0.693. The van der Waals surface area contributed by atoms with Gasteiger partial charge in [-0.2, -0.15) is 0 Å². The lowest BCUT2D eigenvalue weighted by Gasteiger charge is -2.19. The van der Waals surface area contributed by atoms with Gasteiger partial charge in [0.25, 0.3) is 0 Å². The van der Waals surface area contributed by atoms with Gasteiger partial charge in [0.2, 0.25) is 5.91 Å². The van der Waals surface area contributed by atoms with Crippen molar-refractivity contribution in [1.29, 1.82) is 0 Å². The molecule has 0 aliphatic carbocycles. The second kappa shape index (κ2) is 13.1. The fourth-order valence-electron chi connectivity index (χ4n) is 2.43. The Balaban J connectivity index is 2.37. The molecule has 28 heavy (non-hydrogen) atoms. The smallest absolute Gasteiger partial charge is 0.306 e. The molecule has 0 aliphatic rings. The molecule has 2 atom stereocenters. The number of ether oxygens (including phenoxy) is 2. The van der Waals surface area contributed by atoms with Crippen LogP contribution in [-0.4, -0.2) is 55.4 Å². The van der Waals surface area contributed by atoms with Crippen LogP contribution in [0.3, 0.4) is 0 Å². The van der Waals surface area contributed by atoms with E-state index >= 15 is 0 Å². The van der Waals surface area contributed by atoms with Gasteiger partial charge in [0.05, 0.1) is 6.61 Å². The van der Waals surface area contributed by atoms with E-state index in [2.05, 4.69) is 10.6 Å². The van der Waals surface area contributed by atoms with E-state index in [1.807, 2.05) is 45.0 Å². The molecule has 7 heteroatoms. The number of para-hydroxylation sites is 1. The average Bonchev–Trinajstić information content (AvgIpc) is 2.67. The van der Waals surface area contributed by atoms with E-state index in [1.165, 1.54) is 0 Å². The summed E-state index contributed by atoms with van der Waals surface area (Å²) < 4.78 is 10.7. The number of hydrogen-bond donors (Lipinski definition) is 3. The van der Waals surface area contributed by atoms with Crippen molar-refractivity contribution >= 4 is 11.9 Å². The van der Waals surface area contributed by atoms with Crippen LogP contribution in [0.4, 0.5) is 0 Å². The first-order valence-electron chi connectivity index (χ1n) is 9.88. The first-order chi connectivity index (χ1) is 13.3. The standard InChI is InChI=1S/C21H34N2O5/c1-5-27-20(25)11-10-17-8-6-7-9-19(17)28-14-18(24)13-22-16(4)12-23-21(26)15(2)3/h6-9,15-16,18,22,24H,5,10-14H2,1-4H3,(H,23,26). The lowest BCUT2D eigenvalue weighted by Crippen LogP contribution is -2.43. The highest BCUT2D eigenvalue weighted by atomic mass is 16.5. The Labute approximate surface area is 167 Å². The Morgan fingerprint density at radius 2 is 1.86 bits per heavy atom. The molecule has 0 aromatic heterocycles. The maximum absolute atomic E-state index is 11.6. The number of carbonyl (C=O) groups is 2. The zero-order chi connectivity index (χ0) is 20.9. The predicted octanol–water partition coefficient (Wildman–Crippen LogP) is 1.67. The molecule has 0 radical (unpaired) electrons. The van der Waals surface area contributed by atoms with Gasteiger partial charge < -0.3 is 25.2 Å². The molecular weight excluding hydrogens is 360 g/mol. The van der Waals surface area contributed by atoms with Crippen LogP contribution in [0, 0.1) is 5.92 Å². The number of amides is 1. The minimum Gasteiger partial charge on any atom is -0.491 e. The number of aryl methyl sites for hydroxylation is 1. The Kier molecular flexibility index (Phi) is 11.2. The molecule has 0 bridgehead atoms. The maximum atomic E-state index is 11.6. The molecule has 1 rings (SSSR count). The summed E-state index contributed by atoms with van der Waals surface area (Å²) in [6.45, 7) is 8.77. The van der Waals surface area contributed by atoms with Crippen molar-refractivity contribution in [2.24, 2.45) is 5.92 Å². The van der Waals surface area contributed by atoms with E-state index in [9.17, 15) is 14.7 Å². The van der Waals surface area contributed by atoms with Crippen LogP contribution in [-0.2, 0) is 20.7 Å². The van der Waals surface area contributed by atoms with Gasteiger partial charge in [-0.05, 0) is 31.9 Å². The summed E-state index contributed by atoms with van der Waals surface area (Å²) in [5, 5.41) is 16.2. The molecule has 3 N–H and O–H groups in total. The van der Waals surface area contributed by atoms with Gasteiger partial charge in [-0.25, -0.2) is 0 Å². The highest BCUT2D eigenvalue weighted by Crippen LogP contribution is 2.20. The molecule has 158 valence electrons. The first-order valence-corrected chi connectivity index (χ1v) is 9.88. The lowest BCUT2D eigenvalue weighted by molar-refractivity contribution is -0.143. The quantitative estimate of drug-likeness (QED) is 0.441. The Bertz CT molecular complexity index is 606. The van der Waals surface area contributed by atoms with Crippen LogP contribution in [0.15, 0.2) is 24.3 Å². The van der Waals surface area contributed by atoms with Gasteiger partial charge in [0, 0.05) is 31.5 Å². The van der Waals surface area contributed by atoms with Gasteiger partial charge in [0.1, 0.15) is 18.5 Å². The van der Waals surface area contributed by atoms with Crippen LogP contribution in [0.1, 0.15) is 39.7 Å². The molecule has 0 saturated heterocycles. The summed E-state index contributed by atoms with van der Waals surface area (Å²) in [6, 6.07) is 7.50. The molecule has 0 fully saturated rings. The van der Waals surface area contributed by atoms with Crippen molar-refractivity contribution < 1.29 is 24.2 Å². The summed E-state index contributed by atoms with van der Waals surface area (Å²) in [4.78, 5) is 23.1.